The van der Waals surface area contributed by atoms with Gasteiger partial charge in [-0.15, -0.1) is 0 Å². The fraction of sp³-hybridized carbons (Fsp3) is 0.833. The molecule has 2 rings (SSSR count). The first kappa shape index (κ1) is 9.26. The van der Waals surface area contributed by atoms with Gasteiger partial charge < -0.3 is 0 Å². The van der Waals surface area contributed by atoms with Crippen molar-refractivity contribution in [3.05, 3.63) is 12.2 Å². The normalized spacial score (nSPS) is 31.3. The van der Waals surface area contributed by atoms with Crippen LogP contribution >= 0.6 is 0 Å². The Bertz CT molecular complexity index is 182. The van der Waals surface area contributed by atoms with Gasteiger partial charge in [0.25, 0.3) is 0 Å². The van der Waals surface area contributed by atoms with Gasteiger partial charge in [0.1, 0.15) is 0 Å². The maximum absolute atomic E-state index is 2.68. The van der Waals surface area contributed by atoms with Crippen LogP contribution in [0, 0.1) is 5.92 Å². The van der Waals surface area contributed by atoms with Crippen molar-refractivity contribution in [2.75, 3.05) is 13.1 Å². The molecule has 1 aliphatic heterocycles. The molecule has 0 aromatic heterocycles. The zero-order valence-electron chi connectivity index (χ0n) is 8.71. The molecule has 0 bridgehead atoms. The molecular weight excluding hydrogens is 158 g/mol. The highest BCUT2D eigenvalue weighted by molar-refractivity contribution is 4.92. The Morgan fingerprint density at radius 3 is 2.69 bits per heavy atom. The minimum Gasteiger partial charge on any atom is -0.296 e. The molecule has 0 N–H and O–H groups in total. The first-order valence-corrected chi connectivity index (χ1v) is 5.77. The second-order valence-electron chi connectivity index (χ2n) is 4.46. The van der Waals surface area contributed by atoms with Crippen LogP contribution in [0.5, 0.6) is 0 Å². The van der Waals surface area contributed by atoms with Gasteiger partial charge in [-0.3, -0.25) is 4.90 Å². The molecule has 1 aliphatic carbocycles. The quantitative estimate of drug-likeness (QED) is 0.602. The lowest BCUT2D eigenvalue weighted by atomic mass is 9.79. The summed E-state index contributed by atoms with van der Waals surface area (Å²) in [6.45, 7) is 4.65. The van der Waals surface area contributed by atoms with Crippen molar-refractivity contribution < 1.29 is 0 Å². The lowest BCUT2D eigenvalue weighted by molar-refractivity contribution is 0.143. The molecule has 1 heteroatoms. The summed E-state index contributed by atoms with van der Waals surface area (Å²) < 4.78 is 0. The van der Waals surface area contributed by atoms with E-state index in [9.17, 15) is 0 Å². The lowest BCUT2D eigenvalue weighted by Crippen LogP contribution is -2.38. The fourth-order valence-electron chi connectivity index (χ4n) is 2.68. The highest BCUT2D eigenvalue weighted by atomic mass is 15.2. The summed E-state index contributed by atoms with van der Waals surface area (Å²) in [4.78, 5) is 2.68. The molecule has 1 saturated carbocycles. The molecule has 0 amide bonds. The predicted molar refractivity (Wildman–Crippen MR) is 56.8 cm³/mol. The van der Waals surface area contributed by atoms with Gasteiger partial charge in [0.05, 0.1) is 0 Å². The summed E-state index contributed by atoms with van der Waals surface area (Å²) >= 11 is 0. The Kier molecular flexibility index (Phi) is 3.05. The van der Waals surface area contributed by atoms with Crippen molar-refractivity contribution in [3.8, 4) is 0 Å². The van der Waals surface area contributed by atoms with E-state index in [1.807, 2.05) is 0 Å². The molecule has 13 heavy (non-hydrogen) atoms. The maximum atomic E-state index is 2.68. The molecule has 1 heterocycles. The SMILES string of the molecule is C/C=C/CN1CCCC1C1CCC1. The topological polar surface area (TPSA) is 3.24 Å². The van der Waals surface area contributed by atoms with E-state index in [1.165, 1.54) is 45.2 Å². The van der Waals surface area contributed by atoms with Gasteiger partial charge in [-0.1, -0.05) is 18.6 Å². The van der Waals surface area contributed by atoms with E-state index in [0.29, 0.717) is 0 Å². The van der Waals surface area contributed by atoms with Gasteiger partial charge in [-0.05, 0) is 45.1 Å². The van der Waals surface area contributed by atoms with Crippen LogP contribution in [-0.4, -0.2) is 24.0 Å². The molecule has 0 aromatic rings. The highest BCUT2D eigenvalue weighted by Gasteiger charge is 2.33. The maximum Gasteiger partial charge on any atom is 0.0166 e. The van der Waals surface area contributed by atoms with Gasteiger partial charge in [-0.2, -0.15) is 0 Å². The lowest BCUT2D eigenvalue weighted by Gasteiger charge is -2.36. The van der Waals surface area contributed by atoms with Gasteiger partial charge in [-0.25, -0.2) is 0 Å². The minimum absolute atomic E-state index is 0.935. The van der Waals surface area contributed by atoms with Crippen molar-refractivity contribution in [1.29, 1.82) is 0 Å². The Morgan fingerprint density at radius 1 is 1.23 bits per heavy atom. The second kappa shape index (κ2) is 4.28. The third-order valence-corrected chi connectivity index (χ3v) is 3.68. The summed E-state index contributed by atoms with van der Waals surface area (Å²) in [6, 6.07) is 0.935. The Balaban J connectivity index is 1.85. The van der Waals surface area contributed by atoms with Crippen LogP contribution in [0.1, 0.15) is 39.0 Å². The van der Waals surface area contributed by atoms with Gasteiger partial charge >= 0.3 is 0 Å². The number of rotatable bonds is 3. The Morgan fingerprint density at radius 2 is 2.08 bits per heavy atom. The predicted octanol–water partition coefficient (Wildman–Crippen LogP) is 2.83. The van der Waals surface area contributed by atoms with E-state index in [4.69, 9.17) is 0 Å². The zero-order valence-corrected chi connectivity index (χ0v) is 8.71. The fourth-order valence-corrected chi connectivity index (χ4v) is 2.68. The third-order valence-electron chi connectivity index (χ3n) is 3.68. The van der Waals surface area contributed by atoms with Crippen LogP contribution in [-0.2, 0) is 0 Å². The number of allylic oxidation sites excluding steroid dienone is 1. The Hall–Kier alpha value is -0.300. The molecule has 1 atom stereocenters. The van der Waals surface area contributed by atoms with E-state index >= 15 is 0 Å². The zero-order chi connectivity index (χ0) is 9.10. The van der Waals surface area contributed by atoms with Crippen LogP contribution in [0.4, 0.5) is 0 Å². The van der Waals surface area contributed by atoms with Crippen LogP contribution in [0.25, 0.3) is 0 Å². The van der Waals surface area contributed by atoms with E-state index < -0.39 is 0 Å². The van der Waals surface area contributed by atoms with Crippen molar-refractivity contribution in [2.45, 2.75) is 45.1 Å². The van der Waals surface area contributed by atoms with Crippen LogP contribution in [0.2, 0.25) is 0 Å². The second-order valence-corrected chi connectivity index (χ2v) is 4.46. The number of likely N-dealkylation sites (tertiary alicyclic amines) is 1. The molecule has 0 spiro atoms. The summed E-state index contributed by atoms with van der Waals surface area (Å²) in [5.74, 6) is 1.05. The first-order valence-electron chi connectivity index (χ1n) is 5.77. The van der Waals surface area contributed by atoms with E-state index in [2.05, 4.69) is 24.0 Å². The summed E-state index contributed by atoms with van der Waals surface area (Å²) in [5, 5.41) is 0. The monoisotopic (exact) mass is 179 g/mol. The van der Waals surface area contributed by atoms with Crippen molar-refractivity contribution >= 4 is 0 Å². The molecule has 1 saturated heterocycles. The van der Waals surface area contributed by atoms with E-state index in [-0.39, 0.29) is 0 Å². The number of nitrogens with zero attached hydrogens (tertiary/aromatic N) is 1. The number of hydrogen-bond acceptors (Lipinski definition) is 1. The minimum atomic E-state index is 0.935. The standard InChI is InChI=1S/C12H21N/c1-2-3-9-13-10-5-8-12(13)11-6-4-7-11/h2-3,11-12H,4-10H2,1H3/b3-2+. The Labute approximate surface area is 81.8 Å². The van der Waals surface area contributed by atoms with Crippen molar-refractivity contribution in [1.82, 2.24) is 4.90 Å². The van der Waals surface area contributed by atoms with Crippen molar-refractivity contribution in [3.63, 3.8) is 0 Å². The van der Waals surface area contributed by atoms with Crippen LogP contribution in [0.15, 0.2) is 12.2 Å². The molecule has 2 fully saturated rings. The largest absolute Gasteiger partial charge is 0.296 e. The summed E-state index contributed by atoms with van der Waals surface area (Å²) in [7, 11) is 0. The molecule has 1 unspecified atom stereocenters. The molecule has 74 valence electrons. The first-order chi connectivity index (χ1) is 6.42. The average molecular weight is 179 g/mol. The van der Waals surface area contributed by atoms with Gasteiger partial charge in [0.15, 0.2) is 0 Å². The third kappa shape index (κ3) is 1.96. The van der Waals surface area contributed by atoms with Gasteiger partial charge in [0, 0.05) is 12.6 Å². The van der Waals surface area contributed by atoms with E-state index in [1.54, 1.807) is 0 Å². The average Bonchev–Trinajstić information content (AvgIpc) is 2.46. The molecular formula is C12H21N. The van der Waals surface area contributed by atoms with Crippen LogP contribution < -0.4 is 0 Å². The molecule has 2 aliphatic rings. The number of hydrogen-bond donors (Lipinski definition) is 0. The van der Waals surface area contributed by atoms with Crippen LogP contribution in [0.3, 0.4) is 0 Å². The van der Waals surface area contributed by atoms with Gasteiger partial charge in [0.2, 0.25) is 0 Å². The molecule has 1 nitrogen and oxygen atoms in total. The summed E-state index contributed by atoms with van der Waals surface area (Å²) in [6.07, 6.45) is 11.8. The summed E-state index contributed by atoms with van der Waals surface area (Å²) in [5.41, 5.74) is 0. The van der Waals surface area contributed by atoms with E-state index in [0.717, 1.165) is 12.0 Å². The smallest absolute Gasteiger partial charge is 0.0166 e. The van der Waals surface area contributed by atoms with Crippen molar-refractivity contribution in [2.24, 2.45) is 5.92 Å². The molecule has 0 aromatic carbocycles. The molecule has 0 radical (unpaired) electrons. The highest BCUT2D eigenvalue weighted by Crippen LogP contribution is 2.36.